The highest BCUT2D eigenvalue weighted by atomic mass is 19.4. The highest BCUT2D eigenvalue weighted by molar-refractivity contribution is 5.76. The van der Waals surface area contributed by atoms with Crippen LogP contribution in [0, 0.1) is 0 Å². The van der Waals surface area contributed by atoms with Crippen molar-refractivity contribution >= 4 is 5.91 Å². The van der Waals surface area contributed by atoms with Gasteiger partial charge in [0.2, 0.25) is 5.91 Å². The van der Waals surface area contributed by atoms with E-state index in [-0.39, 0.29) is 30.2 Å². The zero-order valence-corrected chi connectivity index (χ0v) is 14.9. The van der Waals surface area contributed by atoms with Gasteiger partial charge in [0.05, 0.1) is 14.2 Å². The maximum atomic E-state index is 12.4. The number of amides is 1. The number of aryl methyl sites for hydroxylation is 1. The molecule has 0 heterocycles. The van der Waals surface area contributed by atoms with Gasteiger partial charge in [-0.15, -0.1) is 13.2 Å². The van der Waals surface area contributed by atoms with E-state index < -0.39 is 6.36 Å². The third kappa shape index (κ3) is 6.40. The van der Waals surface area contributed by atoms with Gasteiger partial charge in [-0.05, 0) is 30.2 Å². The molecule has 2 rings (SSSR count). The van der Waals surface area contributed by atoms with Gasteiger partial charge in [0.1, 0.15) is 5.75 Å². The van der Waals surface area contributed by atoms with Crippen molar-refractivity contribution in [2.75, 3.05) is 14.2 Å². The summed E-state index contributed by atoms with van der Waals surface area (Å²) in [6.07, 6.45) is -4.15. The van der Waals surface area contributed by atoms with E-state index in [0.29, 0.717) is 17.9 Å². The summed E-state index contributed by atoms with van der Waals surface area (Å²) in [5.74, 6) is 0.539. The molecule has 0 bridgehead atoms. The first-order chi connectivity index (χ1) is 12.8. The number of methoxy groups -OCH3 is 2. The number of para-hydroxylation sites is 1. The van der Waals surface area contributed by atoms with E-state index >= 15 is 0 Å². The fourth-order valence-electron chi connectivity index (χ4n) is 2.45. The molecule has 1 amide bonds. The van der Waals surface area contributed by atoms with Crippen molar-refractivity contribution in [1.82, 2.24) is 5.32 Å². The number of carbonyl (C=O) groups is 1. The molecule has 146 valence electrons. The summed E-state index contributed by atoms with van der Waals surface area (Å²) >= 11 is 0. The molecule has 0 saturated carbocycles. The van der Waals surface area contributed by atoms with Crippen molar-refractivity contribution < 1.29 is 32.2 Å². The summed E-state index contributed by atoms with van der Waals surface area (Å²) in [4.78, 5) is 12.0. The number of hydrogen-bond acceptors (Lipinski definition) is 4. The summed E-state index contributed by atoms with van der Waals surface area (Å²) in [5, 5.41) is 2.60. The molecule has 0 aliphatic carbocycles. The van der Waals surface area contributed by atoms with Gasteiger partial charge >= 0.3 is 6.36 Å². The number of alkyl halides is 3. The zero-order valence-electron chi connectivity index (χ0n) is 14.9. The molecule has 0 saturated heterocycles. The lowest BCUT2D eigenvalue weighted by Crippen LogP contribution is -2.24. The van der Waals surface area contributed by atoms with E-state index in [1.54, 1.807) is 18.2 Å². The van der Waals surface area contributed by atoms with Crippen LogP contribution in [0.1, 0.15) is 17.5 Å². The van der Waals surface area contributed by atoms with Crippen LogP contribution in [0.5, 0.6) is 17.2 Å². The molecule has 2 aromatic carbocycles. The van der Waals surface area contributed by atoms with Gasteiger partial charge < -0.3 is 19.5 Å². The van der Waals surface area contributed by atoms with E-state index in [0.717, 1.165) is 5.56 Å². The molecule has 1 N–H and O–H groups in total. The molecule has 5 nitrogen and oxygen atoms in total. The molecule has 0 fully saturated rings. The molecule has 8 heteroatoms. The zero-order chi connectivity index (χ0) is 19.9. The SMILES string of the molecule is COc1ccc(CCC(=O)NCc2ccccc2OC(F)(F)F)cc1OC. The first-order valence-corrected chi connectivity index (χ1v) is 8.13. The number of hydrogen-bond donors (Lipinski definition) is 1. The summed E-state index contributed by atoms with van der Waals surface area (Å²) in [6, 6.07) is 11.0. The first-order valence-electron chi connectivity index (χ1n) is 8.13. The lowest BCUT2D eigenvalue weighted by molar-refractivity contribution is -0.274. The Morgan fingerprint density at radius 3 is 2.37 bits per heavy atom. The van der Waals surface area contributed by atoms with Crippen molar-refractivity contribution in [2.24, 2.45) is 0 Å². The van der Waals surface area contributed by atoms with Crippen LogP contribution in [-0.4, -0.2) is 26.5 Å². The second kappa shape index (κ2) is 9.16. The molecular weight excluding hydrogens is 363 g/mol. The largest absolute Gasteiger partial charge is 0.573 e. The average Bonchev–Trinajstić information content (AvgIpc) is 2.64. The molecule has 0 aliphatic heterocycles. The summed E-state index contributed by atoms with van der Waals surface area (Å²) in [5.41, 5.74) is 1.12. The molecule has 0 spiro atoms. The van der Waals surface area contributed by atoms with E-state index in [1.165, 1.54) is 32.4 Å². The van der Waals surface area contributed by atoms with Crippen LogP contribution in [0.2, 0.25) is 0 Å². The van der Waals surface area contributed by atoms with Gasteiger partial charge in [-0.2, -0.15) is 0 Å². The van der Waals surface area contributed by atoms with Crippen LogP contribution in [-0.2, 0) is 17.8 Å². The monoisotopic (exact) mass is 383 g/mol. The maximum Gasteiger partial charge on any atom is 0.573 e. The predicted octanol–water partition coefficient (Wildman–Crippen LogP) is 3.85. The van der Waals surface area contributed by atoms with Crippen LogP contribution in [0.15, 0.2) is 42.5 Å². The molecule has 0 unspecified atom stereocenters. The minimum atomic E-state index is -4.78. The Labute approximate surface area is 155 Å². The van der Waals surface area contributed by atoms with Gasteiger partial charge in [0.15, 0.2) is 11.5 Å². The quantitative estimate of drug-likeness (QED) is 0.752. The number of halogens is 3. The van der Waals surface area contributed by atoms with Crippen molar-refractivity contribution in [1.29, 1.82) is 0 Å². The Morgan fingerprint density at radius 1 is 1.00 bits per heavy atom. The van der Waals surface area contributed by atoms with E-state index in [1.807, 2.05) is 6.07 Å². The van der Waals surface area contributed by atoms with Crippen LogP contribution in [0.4, 0.5) is 13.2 Å². The number of ether oxygens (including phenoxy) is 3. The molecule has 0 radical (unpaired) electrons. The molecule has 0 aliphatic rings. The van der Waals surface area contributed by atoms with Crippen molar-refractivity contribution in [3.63, 3.8) is 0 Å². The lowest BCUT2D eigenvalue weighted by atomic mass is 10.1. The second-order valence-corrected chi connectivity index (χ2v) is 5.62. The van der Waals surface area contributed by atoms with Gasteiger partial charge in [0.25, 0.3) is 0 Å². The summed E-state index contributed by atoms with van der Waals surface area (Å²) in [6.45, 7) is -0.0585. The first kappa shape index (κ1) is 20.4. The van der Waals surface area contributed by atoms with Crippen LogP contribution < -0.4 is 19.5 Å². The molecule has 2 aromatic rings. The third-order valence-corrected chi connectivity index (χ3v) is 3.76. The summed E-state index contributed by atoms with van der Waals surface area (Å²) in [7, 11) is 3.06. The standard InChI is InChI=1S/C19H20F3NO4/c1-25-16-9-7-13(11-17(16)26-2)8-10-18(24)23-12-14-5-3-4-6-15(14)27-19(20,21)22/h3-7,9,11H,8,10,12H2,1-2H3,(H,23,24). The topological polar surface area (TPSA) is 56.8 Å². The number of carbonyl (C=O) groups excluding carboxylic acids is 1. The Morgan fingerprint density at radius 2 is 1.70 bits per heavy atom. The maximum absolute atomic E-state index is 12.4. The minimum Gasteiger partial charge on any atom is -0.493 e. The normalized spacial score (nSPS) is 11.0. The lowest BCUT2D eigenvalue weighted by Gasteiger charge is -2.13. The fraction of sp³-hybridized carbons (Fsp3) is 0.316. The van der Waals surface area contributed by atoms with Crippen molar-refractivity contribution in [3.8, 4) is 17.2 Å². The Hall–Kier alpha value is -2.90. The number of benzene rings is 2. The van der Waals surface area contributed by atoms with E-state index in [4.69, 9.17) is 9.47 Å². The smallest absolute Gasteiger partial charge is 0.493 e. The van der Waals surface area contributed by atoms with E-state index in [2.05, 4.69) is 10.1 Å². The average molecular weight is 383 g/mol. The fourth-order valence-corrected chi connectivity index (χ4v) is 2.45. The van der Waals surface area contributed by atoms with Crippen LogP contribution in [0.25, 0.3) is 0 Å². The predicted molar refractivity (Wildman–Crippen MR) is 92.8 cm³/mol. The highest BCUT2D eigenvalue weighted by Crippen LogP contribution is 2.28. The highest BCUT2D eigenvalue weighted by Gasteiger charge is 2.31. The van der Waals surface area contributed by atoms with Crippen molar-refractivity contribution in [2.45, 2.75) is 25.7 Å². The molecule has 0 atom stereocenters. The number of rotatable bonds is 8. The molecule has 27 heavy (non-hydrogen) atoms. The summed E-state index contributed by atoms with van der Waals surface area (Å²) < 4.78 is 51.6. The van der Waals surface area contributed by atoms with Gasteiger partial charge in [-0.3, -0.25) is 4.79 Å². The number of nitrogens with one attached hydrogen (secondary N) is 1. The van der Waals surface area contributed by atoms with Gasteiger partial charge in [-0.1, -0.05) is 24.3 Å². The van der Waals surface area contributed by atoms with Crippen molar-refractivity contribution in [3.05, 3.63) is 53.6 Å². The van der Waals surface area contributed by atoms with Crippen LogP contribution >= 0.6 is 0 Å². The molecular formula is C19H20F3NO4. The van der Waals surface area contributed by atoms with E-state index in [9.17, 15) is 18.0 Å². The second-order valence-electron chi connectivity index (χ2n) is 5.62. The minimum absolute atomic E-state index is 0.0585. The van der Waals surface area contributed by atoms with Crippen LogP contribution in [0.3, 0.4) is 0 Å². The Balaban J connectivity index is 1.90. The molecule has 0 aromatic heterocycles. The van der Waals surface area contributed by atoms with Gasteiger partial charge in [-0.25, -0.2) is 0 Å². The Bertz CT molecular complexity index is 778. The third-order valence-electron chi connectivity index (χ3n) is 3.76. The van der Waals surface area contributed by atoms with Gasteiger partial charge in [0, 0.05) is 18.5 Å². The Kier molecular flexibility index (Phi) is 6.92.